The van der Waals surface area contributed by atoms with Crippen molar-refractivity contribution in [2.24, 2.45) is 0 Å². The van der Waals surface area contributed by atoms with Crippen LogP contribution in [0.25, 0.3) is 0 Å². The molecule has 1 aromatic carbocycles. The SMILES string of the molecule is C=CCSCCNC(=O)c1cc(N)ccc1OC. The highest BCUT2D eigenvalue weighted by Crippen LogP contribution is 2.20. The van der Waals surface area contributed by atoms with Gasteiger partial charge >= 0.3 is 0 Å². The number of nitrogens with two attached hydrogens (primary N) is 1. The number of amides is 1. The van der Waals surface area contributed by atoms with Gasteiger partial charge in [0.25, 0.3) is 5.91 Å². The summed E-state index contributed by atoms with van der Waals surface area (Å²) in [6.07, 6.45) is 1.84. The summed E-state index contributed by atoms with van der Waals surface area (Å²) >= 11 is 1.71. The second-order valence-corrected chi connectivity index (χ2v) is 4.73. The number of benzene rings is 1. The molecule has 0 aliphatic heterocycles. The van der Waals surface area contributed by atoms with E-state index in [-0.39, 0.29) is 5.91 Å². The van der Waals surface area contributed by atoms with E-state index in [1.54, 1.807) is 30.0 Å². The summed E-state index contributed by atoms with van der Waals surface area (Å²) in [6, 6.07) is 5.01. The molecule has 0 heterocycles. The minimum Gasteiger partial charge on any atom is -0.496 e. The number of carbonyl (C=O) groups excluding carboxylic acids is 1. The molecule has 0 aliphatic carbocycles. The maximum Gasteiger partial charge on any atom is 0.255 e. The number of carbonyl (C=O) groups is 1. The van der Waals surface area contributed by atoms with Gasteiger partial charge in [0, 0.05) is 23.7 Å². The molecule has 0 fully saturated rings. The van der Waals surface area contributed by atoms with Crippen LogP contribution < -0.4 is 15.8 Å². The lowest BCUT2D eigenvalue weighted by molar-refractivity contribution is 0.0953. The number of nitrogens with one attached hydrogen (secondary N) is 1. The molecule has 0 bridgehead atoms. The van der Waals surface area contributed by atoms with E-state index in [0.29, 0.717) is 23.5 Å². The van der Waals surface area contributed by atoms with Crippen LogP contribution in [0.3, 0.4) is 0 Å². The highest BCUT2D eigenvalue weighted by Gasteiger charge is 2.11. The van der Waals surface area contributed by atoms with Crippen LogP contribution in [-0.2, 0) is 0 Å². The van der Waals surface area contributed by atoms with E-state index in [4.69, 9.17) is 10.5 Å². The van der Waals surface area contributed by atoms with Crippen molar-refractivity contribution >= 4 is 23.4 Å². The average Bonchev–Trinajstić information content (AvgIpc) is 2.38. The van der Waals surface area contributed by atoms with Crippen molar-refractivity contribution in [3.05, 3.63) is 36.4 Å². The van der Waals surface area contributed by atoms with Gasteiger partial charge in [-0.3, -0.25) is 4.79 Å². The molecule has 5 heteroatoms. The lowest BCUT2D eigenvalue weighted by atomic mass is 10.1. The number of hydrogen-bond acceptors (Lipinski definition) is 4. The van der Waals surface area contributed by atoms with E-state index in [0.717, 1.165) is 11.5 Å². The quantitative estimate of drug-likeness (QED) is 0.449. The van der Waals surface area contributed by atoms with Crippen LogP contribution in [0.1, 0.15) is 10.4 Å². The third kappa shape index (κ3) is 4.33. The maximum atomic E-state index is 11.9. The molecule has 18 heavy (non-hydrogen) atoms. The van der Waals surface area contributed by atoms with Gasteiger partial charge in [0.2, 0.25) is 0 Å². The van der Waals surface area contributed by atoms with Gasteiger partial charge in [0.15, 0.2) is 0 Å². The van der Waals surface area contributed by atoms with Crippen LogP contribution in [0.15, 0.2) is 30.9 Å². The normalized spacial score (nSPS) is 9.83. The minimum absolute atomic E-state index is 0.168. The monoisotopic (exact) mass is 266 g/mol. The highest BCUT2D eigenvalue weighted by atomic mass is 32.2. The molecule has 3 N–H and O–H groups in total. The van der Waals surface area contributed by atoms with Gasteiger partial charge in [-0.1, -0.05) is 6.08 Å². The third-order valence-electron chi connectivity index (χ3n) is 2.24. The number of anilines is 1. The molecule has 1 amide bonds. The Morgan fingerprint density at radius 2 is 2.39 bits per heavy atom. The zero-order chi connectivity index (χ0) is 13.4. The van der Waals surface area contributed by atoms with Crippen molar-refractivity contribution < 1.29 is 9.53 Å². The number of thioether (sulfide) groups is 1. The fourth-order valence-corrected chi connectivity index (χ4v) is 1.98. The Morgan fingerprint density at radius 1 is 1.61 bits per heavy atom. The van der Waals surface area contributed by atoms with Gasteiger partial charge in [0.1, 0.15) is 5.75 Å². The summed E-state index contributed by atoms with van der Waals surface area (Å²) < 4.78 is 5.13. The second kappa shape index (κ2) is 7.66. The van der Waals surface area contributed by atoms with E-state index >= 15 is 0 Å². The molecule has 0 spiro atoms. The van der Waals surface area contributed by atoms with E-state index in [9.17, 15) is 4.79 Å². The first-order chi connectivity index (χ1) is 8.69. The Balaban J connectivity index is 2.55. The number of ether oxygens (including phenoxy) is 1. The van der Waals surface area contributed by atoms with Crippen molar-refractivity contribution in [1.82, 2.24) is 5.32 Å². The van der Waals surface area contributed by atoms with Gasteiger partial charge in [-0.25, -0.2) is 0 Å². The summed E-state index contributed by atoms with van der Waals surface area (Å²) in [6.45, 7) is 4.24. The molecular formula is C13H18N2O2S. The van der Waals surface area contributed by atoms with Gasteiger partial charge in [0.05, 0.1) is 12.7 Å². The molecule has 0 aliphatic rings. The molecule has 1 aromatic rings. The maximum absolute atomic E-state index is 11.9. The second-order valence-electron chi connectivity index (χ2n) is 3.58. The summed E-state index contributed by atoms with van der Waals surface area (Å²) in [5.41, 5.74) is 6.67. The Hall–Kier alpha value is -1.62. The first-order valence-electron chi connectivity index (χ1n) is 5.59. The third-order valence-corrected chi connectivity index (χ3v) is 3.20. The van der Waals surface area contributed by atoms with Crippen molar-refractivity contribution in [3.8, 4) is 5.75 Å². The summed E-state index contributed by atoms with van der Waals surface area (Å²) in [5, 5.41) is 2.83. The van der Waals surface area contributed by atoms with Gasteiger partial charge in [-0.05, 0) is 18.2 Å². The Morgan fingerprint density at radius 3 is 3.06 bits per heavy atom. The molecule has 1 rings (SSSR count). The average molecular weight is 266 g/mol. The van der Waals surface area contributed by atoms with Crippen LogP contribution in [0.4, 0.5) is 5.69 Å². The first-order valence-corrected chi connectivity index (χ1v) is 6.75. The largest absolute Gasteiger partial charge is 0.496 e. The number of methoxy groups -OCH3 is 1. The van der Waals surface area contributed by atoms with Crippen LogP contribution in [0.5, 0.6) is 5.75 Å². The zero-order valence-electron chi connectivity index (χ0n) is 10.4. The predicted octanol–water partition coefficient (Wildman–Crippen LogP) is 1.93. The molecule has 0 aromatic heterocycles. The molecule has 0 saturated carbocycles. The molecule has 0 radical (unpaired) electrons. The summed E-state index contributed by atoms with van der Waals surface area (Å²) in [4.78, 5) is 11.9. The summed E-state index contributed by atoms with van der Waals surface area (Å²) in [7, 11) is 1.53. The molecule has 0 saturated heterocycles. The van der Waals surface area contributed by atoms with Gasteiger partial charge in [-0.15, -0.1) is 6.58 Å². The van der Waals surface area contributed by atoms with Gasteiger partial charge in [-0.2, -0.15) is 11.8 Å². The minimum atomic E-state index is -0.168. The van der Waals surface area contributed by atoms with E-state index in [2.05, 4.69) is 11.9 Å². The Bertz CT molecular complexity index is 421. The zero-order valence-corrected chi connectivity index (χ0v) is 11.3. The lowest BCUT2D eigenvalue weighted by Crippen LogP contribution is -2.26. The highest BCUT2D eigenvalue weighted by molar-refractivity contribution is 7.99. The van der Waals surface area contributed by atoms with E-state index in [1.165, 1.54) is 7.11 Å². The fourth-order valence-electron chi connectivity index (χ4n) is 1.40. The van der Waals surface area contributed by atoms with Crippen molar-refractivity contribution in [3.63, 3.8) is 0 Å². The van der Waals surface area contributed by atoms with Crippen LogP contribution in [-0.4, -0.2) is 31.1 Å². The molecular weight excluding hydrogens is 248 g/mol. The lowest BCUT2D eigenvalue weighted by Gasteiger charge is -2.09. The number of nitrogen functional groups attached to an aromatic ring is 1. The standard InChI is InChI=1S/C13H18N2O2S/c1-3-7-18-8-6-15-13(16)11-9-10(14)4-5-12(11)17-2/h3-5,9H,1,6-8,14H2,2H3,(H,15,16). The number of hydrogen-bond donors (Lipinski definition) is 2. The van der Waals surface area contributed by atoms with Crippen LogP contribution in [0, 0.1) is 0 Å². The smallest absolute Gasteiger partial charge is 0.255 e. The van der Waals surface area contributed by atoms with E-state index in [1.807, 2.05) is 6.08 Å². The Labute approximate surface area is 112 Å². The van der Waals surface area contributed by atoms with Crippen molar-refractivity contribution in [2.45, 2.75) is 0 Å². The Kier molecular flexibility index (Phi) is 6.14. The van der Waals surface area contributed by atoms with Crippen molar-refractivity contribution in [2.75, 3.05) is 30.9 Å². The first kappa shape index (κ1) is 14.4. The number of rotatable bonds is 7. The molecule has 0 unspecified atom stereocenters. The van der Waals surface area contributed by atoms with Crippen molar-refractivity contribution in [1.29, 1.82) is 0 Å². The molecule has 0 atom stereocenters. The molecule has 98 valence electrons. The van der Waals surface area contributed by atoms with E-state index < -0.39 is 0 Å². The predicted molar refractivity (Wildman–Crippen MR) is 77.3 cm³/mol. The topological polar surface area (TPSA) is 64.4 Å². The summed E-state index contributed by atoms with van der Waals surface area (Å²) in [5.74, 6) is 2.10. The van der Waals surface area contributed by atoms with Gasteiger partial charge < -0.3 is 15.8 Å². The van der Waals surface area contributed by atoms with Crippen LogP contribution >= 0.6 is 11.8 Å². The molecule has 4 nitrogen and oxygen atoms in total. The van der Waals surface area contributed by atoms with Crippen LogP contribution in [0.2, 0.25) is 0 Å². The fraction of sp³-hybridized carbons (Fsp3) is 0.308.